The lowest BCUT2D eigenvalue weighted by Gasteiger charge is -2.24. The van der Waals surface area contributed by atoms with Gasteiger partial charge >= 0.3 is 5.69 Å². The molecule has 1 aromatic rings. The summed E-state index contributed by atoms with van der Waals surface area (Å²) in [4.78, 5) is 15.8. The third-order valence-corrected chi connectivity index (χ3v) is 4.87. The lowest BCUT2D eigenvalue weighted by molar-refractivity contribution is -0.0768. The molecule has 0 spiro atoms. The van der Waals surface area contributed by atoms with Crippen molar-refractivity contribution < 1.29 is 22.6 Å². The Morgan fingerprint density at radius 3 is 2.65 bits per heavy atom. The molecule has 0 amide bonds. The van der Waals surface area contributed by atoms with E-state index in [4.69, 9.17) is 19.9 Å². The zero-order chi connectivity index (χ0) is 19.5. The van der Waals surface area contributed by atoms with Crippen LogP contribution in [0, 0.1) is 0 Å². The molecule has 1 aliphatic heterocycles. The third kappa shape index (κ3) is 4.68. The molecule has 0 bridgehead atoms. The van der Waals surface area contributed by atoms with Crippen molar-refractivity contribution >= 4 is 15.8 Å². The largest absolute Gasteiger partial charge is 0.383 e. The second kappa shape index (κ2) is 8.27. The Morgan fingerprint density at radius 1 is 1.42 bits per heavy atom. The van der Waals surface area contributed by atoms with Crippen molar-refractivity contribution in [2.45, 2.75) is 44.5 Å². The van der Waals surface area contributed by atoms with Gasteiger partial charge in [-0.15, -0.1) is 0 Å². The van der Waals surface area contributed by atoms with Crippen molar-refractivity contribution in [2.75, 3.05) is 19.9 Å². The highest BCUT2D eigenvalue weighted by Gasteiger charge is 2.46. The van der Waals surface area contributed by atoms with Crippen molar-refractivity contribution in [1.29, 1.82) is 0 Å². The number of nitrogens with two attached hydrogens (primary N) is 1. The number of methoxy groups -OCH3 is 1. The molecular formula is C15H24N4O6S. The van der Waals surface area contributed by atoms with Gasteiger partial charge < -0.3 is 19.9 Å². The Hall–Kier alpha value is -1.79. The number of nitrogens with one attached hydrogen (secondary N) is 1. The first-order valence-electron chi connectivity index (χ1n) is 7.98. The molecular weight excluding hydrogens is 364 g/mol. The first-order chi connectivity index (χ1) is 12.2. The summed E-state index contributed by atoms with van der Waals surface area (Å²) in [5, 5.41) is 0.994. The van der Waals surface area contributed by atoms with E-state index in [2.05, 4.69) is 9.71 Å². The summed E-state index contributed by atoms with van der Waals surface area (Å²) < 4.78 is 44.0. The molecule has 10 nitrogen and oxygen atoms in total. The Bertz CT molecular complexity index is 807. The van der Waals surface area contributed by atoms with Crippen molar-refractivity contribution in [1.82, 2.24) is 14.3 Å². The highest BCUT2D eigenvalue weighted by Crippen LogP contribution is 2.34. The number of hydrogen-bond donors (Lipinski definition) is 2. The van der Waals surface area contributed by atoms with Crippen molar-refractivity contribution in [3.63, 3.8) is 0 Å². The van der Waals surface area contributed by atoms with Crippen molar-refractivity contribution in [2.24, 2.45) is 0 Å². The molecule has 2 heterocycles. The highest BCUT2D eigenvalue weighted by molar-refractivity contribution is 7.92. The van der Waals surface area contributed by atoms with Gasteiger partial charge in [0.25, 0.3) is 0 Å². The van der Waals surface area contributed by atoms with E-state index in [1.54, 1.807) is 0 Å². The van der Waals surface area contributed by atoms with E-state index in [-0.39, 0.29) is 11.9 Å². The van der Waals surface area contributed by atoms with Crippen LogP contribution in [0.2, 0.25) is 0 Å². The average Bonchev–Trinajstić information content (AvgIpc) is 2.89. The summed E-state index contributed by atoms with van der Waals surface area (Å²) in [5.41, 5.74) is 4.91. The molecule has 1 aliphatic rings. The molecule has 1 aromatic heterocycles. The van der Waals surface area contributed by atoms with Crippen LogP contribution >= 0.6 is 0 Å². The highest BCUT2D eigenvalue weighted by atomic mass is 32.2. The number of hydrogen-bond acceptors (Lipinski definition) is 8. The quantitative estimate of drug-likeness (QED) is 0.644. The summed E-state index contributed by atoms with van der Waals surface area (Å²) in [7, 11) is -0.818. The van der Waals surface area contributed by atoms with Gasteiger partial charge in [-0.1, -0.05) is 0 Å². The van der Waals surface area contributed by atoms with Crippen LogP contribution in [0.1, 0.15) is 20.1 Å². The second-order valence-electron chi connectivity index (χ2n) is 5.96. The van der Waals surface area contributed by atoms with Crippen LogP contribution in [0.5, 0.6) is 0 Å². The van der Waals surface area contributed by atoms with Crippen LogP contribution in [0.4, 0.5) is 5.82 Å². The lowest BCUT2D eigenvalue weighted by Crippen LogP contribution is -2.39. The van der Waals surface area contributed by atoms with Gasteiger partial charge in [0.2, 0.25) is 10.0 Å². The van der Waals surface area contributed by atoms with Crippen LogP contribution in [0.3, 0.4) is 0 Å². The first-order valence-corrected chi connectivity index (χ1v) is 9.53. The van der Waals surface area contributed by atoms with Gasteiger partial charge in [-0.2, -0.15) is 4.98 Å². The fraction of sp³-hybridized carbons (Fsp3) is 0.600. The summed E-state index contributed by atoms with van der Waals surface area (Å²) in [6.45, 7) is 3.67. The average molecular weight is 388 g/mol. The van der Waals surface area contributed by atoms with E-state index in [0.717, 1.165) is 5.41 Å². The number of nitrogen functional groups attached to an aromatic ring is 1. The maximum atomic E-state index is 12.2. The van der Waals surface area contributed by atoms with Gasteiger partial charge in [0.1, 0.15) is 24.1 Å². The summed E-state index contributed by atoms with van der Waals surface area (Å²) in [6.07, 6.45) is -0.246. The van der Waals surface area contributed by atoms with E-state index in [1.807, 2.05) is 13.8 Å². The standard InChI is InChI=1S/C15H24N4O6S/c1-9(2)24-12-10(6-8-26(21,22)17-3)25-14(13(12)23-4)19-7-5-11(16)18-15(19)20/h5-10,12-14,17H,1-4H3,(H2,16,18,20)/b8-6+/t10-,12-,13-,14-/m1/s1. The predicted octanol–water partition coefficient (Wildman–Crippen LogP) is -0.406. The maximum absolute atomic E-state index is 12.2. The fourth-order valence-corrected chi connectivity index (χ4v) is 3.13. The van der Waals surface area contributed by atoms with E-state index < -0.39 is 40.3 Å². The molecule has 0 aromatic carbocycles. The molecule has 2 rings (SSSR count). The van der Waals surface area contributed by atoms with Crippen LogP contribution in [0.25, 0.3) is 0 Å². The SMILES string of the molecule is CNS(=O)(=O)/C=C/[C@H]1O[C@@H](n2ccc(N)nc2=O)[C@H](OC)[C@@H]1OC(C)C. The van der Waals surface area contributed by atoms with E-state index in [9.17, 15) is 13.2 Å². The minimum atomic E-state index is -3.58. The minimum Gasteiger partial charge on any atom is -0.383 e. The summed E-state index contributed by atoms with van der Waals surface area (Å²) in [5.74, 6) is 0.0877. The smallest absolute Gasteiger partial charge is 0.351 e. The lowest BCUT2D eigenvalue weighted by atomic mass is 10.1. The van der Waals surface area contributed by atoms with Gasteiger partial charge in [-0.05, 0) is 33.0 Å². The molecule has 3 N–H and O–H groups in total. The number of rotatable bonds is 7. The molecule has 146 valence electrons. The third-order valence-electron chi connectivity index (χ3n) is 3.78. The van der Waals surface area contributed by atoms with Crippen molar-refractivity contribution in [3.8, 4) is 0 Å². The Balaban J connectivity index is 2.40. The molecule has 1 saturated heterocycles. The zero-order valence-corrected chi connectivity index (χ0v) is 15.8. The molecule has 26 heavy (non-hydrogen) atoms. The summed E-state index contributed by atoms with van der Waals surface area (Å²) in [6, 6.07) is 1.46. The van der Waals surface area contributed by atoms with E-state index in [0.29, 0.717) is 0 Å². The number of aromatic nitrogens is 2. The van der Waals surface area contributed by atoms with Crippen LogP contribution in [-0.4, -0.2) is 56.5 Å². The molecule has 0 radical (unpaired) electrons. The zero-order valence-electron chi connectivity index (χ0n) is 15.0. The number of nitrogens with zero attached hydrogens (tertiary/aromatic N) is 2. The van der Waals surface area contributed by atoms with Gasteiger partial charge in [-0.25, -0.2) is 17.9 Å². The van der Waals surface area contributed by atoms with Crippen molar-refractivity contribution in [3.05, 3.63) is 34.2 Å². The molecule has 1 fully saturated rings. The van der Waals surface area contributed by atoms with Crippen LogP contribution in [0.15, 0.2) is 28.5 Å². The maximum Gasteiger partial charge on any atom is 0.351 e. The van der Waals surface area contributed by atoms with E-state index in [1.165, 1.54) is 37.1 Å². The Kier molecular flexibility index (Phi) is 6.53. The Morgan fingerprint density at radius 2 is 2.12 bits per heavy atom. The molecule has 0 saturated carbocycles. The number of sulfonamides is 1. The molecule has 0 unspecified atom stereocenters. The van der Waals surface area contributed by atoms with Crippen LogP contribution in [-0.2, 0) is 24.2 Å². The normalized spacial score (nSPS) is 26.8. The molecule has 11 heteroatoms. The van der Waals surface area contributed by atoms with Crippen LogP contribution < -0.4 is 16.1 Å². The predicted molar refractivity (Wildman–Crippen MR) is 94.7 cm³/mol. The second-order valence-corrected chi connectivity index (χ2v) is 7.73. The van der Waals surface area contributed by atoms with Gasteiger partial charge in [0.15, 0.2) is 6.23 Å². The van der Waals surface area contributed by atoms with E-state index >= 15 is 0 Å². The number of ether oxygens (including phenoxy) is 3. The summed E-state index contributed by atoms with van der Waals surface area (Å²) >= 11 is 0. The van der Waals surface area contributed by atoms with Gasteiger partial charge in [0.05, 0.1) is 6.10 Å². The monoisotopic (exact) mass is 388 g/mol. The van der Waals surface area contributed by atoms with Gasteiger partial charge in [-0.3, -0.25) is 4.57 Å². The Labute approximate surface area is 152 Å². The fourth-order valence-electron chi connectivity index (χ4n) is 2.63. The molecule has 0 aliphatic carbocycles. The molecule has 4 atom stereocenters. The van der Waals surface area contributed by atoms with Gasteiger partial charge in [0, 0.05) is 18.7 Å². The number of anilines is 1. The first kappa shape index (κ1) is 20.5. The topological polar surface area (TPSA) is 135 Å². The minimum absolute atomic E-state index is 0.0877.